The Morgan fingerprint density at radius 2 is 1.67 bits per heavy atom. The molecule has 0 saturated heterocycles. The highest BCUT2D eigenvalue weighted by Crippen LogP contribution is 2.29. The van der Waals surface area contributed by atoms with Gasteiger partial charge in [-0.15, -0.1) is 0 Å². The highest BCUT2D eigenvalue weighted by Gasteiger charge is 2.24. The summed E-state index contributed by atoms with van der Waals surface area (Å²) in [4.78, 5) is 2.40. The topological polar surface area (TPSA) is 15.3 Å². The van der Waals surface area contributed by atoms with Crippen molar-refractivity contribution in [2.75, 3.05) is 11.9 Å². The molecule has 0 bridgehead atoms. The van der Waals surface area contributed by atoms with Crippen LogP contribution in [-0.4, -0.2) is 18.6 Å². The number of hydrogen-bond donors (Lipinski definition) is 1. The molecule has 1 N–H and O–H groups in total. The fourth-order valence-corrected chi connectivity index (χ4v) is 2.38. The maximum atomic E-state index is 3.55. The SMILES string of the molecule is Cc1cc(CNC(C)(C)C)ccc1N(C)C(C)C(C)(C)C. The Morgan fingerprint density at radius 1 is 1.10 bits per heavy atom. The van der Waals surface area contributed by atoms with E-state index in [9.17, 15) is 0 Å². The quantitative estimate of drug-likeness (QED) is 0.860. The van der Waals surface area contributed by atoms with E-state index in [-0.39, 0.29) is 11.0 Å². The van der Waals surface area contributed by atoms with Gasteiger partial charge in [-0.25, -0.2) is 0 Å². The molecule has 0 heterocycles. The first-order valence-electron chi connectivity index (χ1n) is 7.99. The third-order valence-electron chi connectivity index (χ3n) is 4.30. The first-order valence-corrected chi connectivity index (χ1v) is 7.99. The van der Waals surface area contributed by atoms with Crippen LogP contribution in [0.1, 0.15) is 59.6 Å². The van der Waals surface area contributed by atoms with Gasteiger partial charge in [-0.1, -0.05) is 32.9 Å². The Kier molecular flexibility index (Phi) is 5.49. The van der Waals surface area contributed by atoms with Gasteiger partial charge in [0.05, 0.1) is 0 Å². The molecule has 0 spiro atoms. The zero-order valence-corrected chi connectivity index (χ0v) is 15.5. The zero-order chi connectivity index (χ0) is 16.4. The van der Waals surface area contributed by atoms with Gasteiger partial charge in [-0.05, 0) is 57.2 Å². The molecule has 1 rings (SSSR count). The lowest BCUT2D eigenvalue weighted by atomic mass is 9.86. The molecule has 1 unspecified atom stereocenters. The lowest BCUT2D eigenvalue weighted by Crippen LogP contribution is -2.39. The maximum absolute atomic E-state index is 3.55. The maximum Gasteiger partial charge on any atom is 0.0396 e. The van der Waals surface area contributed by atoms with Crippen LogP contribution < -0.4 is 10.2 Å². The van der Waals surface area contributed by atoms with Crippen molar-refractivity contribution in [3.8, 4) is 0 Å². The molecule has 0 aromatic heterocycles. The van der Waals surface area contributed by atoms with Crippen molar-refractivity contribution in [3.63, 3.8) is 0 Å². The van der Waals surface area contributed by atoms with Crippen LogP contribution in [0.5, 0.6) is 0 Å². The summed E-state index contributed by atoms with van der Waals surface area (Å²) in [6.45, 7) is 18.9. The first-order chi connectivity index (χ1) is 9.42. The molecular weight excluding hydrogens is 256 g/mol. The number of nitrogens with zero attached hydrogens (tertiary/aromatic N) is 1. The lowest BCUT2D eigenvalue weighted by Gasteiger charge is -2.37. The minimum absolute atomic E-state index is 0.157. The third-order valence-corrected chi connectivity index (χ3v) is 4.30. The van der Waals surface area contributed by atoms with E-state index in [1.807, 2.05) is 0 Å². The van der Waals surface area contributed by atoms with Crippen molar-refractivity contribution in [1.29, 1.82) is 0 Å². The Balaban J connectivity index is 2.88. The van der Waals surface area contributed by atoms with E-state index in [1.165, 1.54) is 16.8 Å². The standard InChI is InChI=1S/C19H34N2/c1-14-12-16(13-20-19(6,7)8)10-11-17(14)21(9)15(2)18(3,4)5/h10-12,15,20H,13H2,1-9H3. The number of hydrogen-bond acceptors (Lipinski definition) is 2. The van der Waals surface area contributed by atoms with Crippen LogP contribution in [0.25, 0.3) is 0 Å². The summed E-state index contributed by atoms with van der Waals surface area (Å²) in [7, 11) is 2.20. The smallest absolute Gasteiger partial charge is 0.0396 e. The molecule has 0 amide bonds. The van der Waals surface area contributed by atoms with E-state index in [0.29, 0.717) is 6.04 Å². The van der Waals surface area contributed by atoms with Crippen LogP contribution in [-0.2, 0) is 6.54 Å². The largest absolute Gasteiger partial charge is 0.371 e. The van der Waals surface area contributed by atoms with E-state index in [4.69, 9.17) is 0 Å². The summed E-state index contributed by atoms with van der Waals surface area (Å²) >= 11 is 0. The summed E-state index contributed by atoms with van der Waals surface area (Å²) in [5.41, 5.74) is 4.46. The highest BCUT2D eigenvalue weighted by molar-refractivity contribution is 5.54. The Morgan fingerprint density at radius 3 is 2.10 bits per heavy atom. The first kappa shape index (κ1) is 18.0. The number of benzene rings is 1. The van der Waals surface area contributed by atoms with Crippen LogP contribution >= 0.6 is 0 Å². The van der Waals surface area contributed by atoms with Gasteiger partial charge in [0.2, 0.25) is 0 Å². The van der Waals surface area contributed by atoms with E-state index in [1.54, 1.807) is 0 Å². The molecule has 0 fully saturated rings. The molecule has 1 atom stereocenters. The van der Waals surface area contributed by atoms with E-state index in [0.717, 1.165) is 6.54 Å². The number of anilines is 1. The Bertz CT molecular complexity index is 463. The predicted molar refractivity (Wildman–Crippen MR) is 95.1 cm³/mol. The molecule has 1 aromatic carbocycles. The fraction of sp³-hybridized carbons (Fsp3) is 0.684. The van der Waals surface area contributed by atoms with Gasteiger partial charge >= 0.3 is 0 Å². The second-order valence-electron chi connectivity index (χ2n) is 8.38. The zero-order valence-electron chi connectivity index (χ0n) is 15.5. The van der Waals surface area contributed by atoms with Crippen LogP contribution in [0, 0.1) is 12.3 Å². The molecule has 0 radical (unpaired) electrons. The molecule has 1 aromatic rings. The Labute approximate surface area is 131 Å². The number of rotatable bonds is 4. The Hall–Kier alpha value is -1.02. The van der Waals surface area contributed by atoms with Crippen molar-refractivity contribution in [2.24, 2.45) is 5.41 Å². The van der Waals surface area contributed by atoms with Crippen LogP contribution in [0.4, 0.5) is 5.69 Å². The van der Waals surface area contributed by atoms with Crippen molar-refractivity contribution in [3.05, 3.63) is 29.3 Å². The highest BCUT2D eigenvalue weighted by atomic mass is 15.1. The molecule has 2 heteroatoms. The second kappa shape index (κ2) is 6.39. The second-order valence-corrected chi connectivity index (χ2v) is 8.38. The predicted octanol–water partition coefficient (Wildman–Crippen LogP) is 4.75. The van der Waals surface area contributed by atoms with Gasteiger partial charge in [0, 0.05) is 30.9 Å². The molecular formula is C19H34N2. The summed E-state index contributed by atoms with van der Waals surface area (Å²) < 4.78 is 0. The lowest BCUT2D eigenvalue weighted by molar-refractivity contribution is 0.329. The minimum Gasteiger partial charge on any atom is -0.371 e. The van der Waals surface area contributed by atoms with E-state index in [2.05, 4.69) is 90.9 Å². The van der Waals surface area contributed by atoms with Crippen LogP contribution in [0.15, 0.2) is 18.2 Å². The van der Waals surface area contributed by atoms with Gasteiger partial charge in [-0.2, -0.15) is 0 Å². The summed E-state index contributed by atoms with van der Waals surface area (Å²) in [5.74, 6) is 0. The average Bonchev–Trinajstić information content (AvgIpc) is 2.32. The van der Waals surface area contributed by atoms with E-state index < -0.39 is 0 Å². The van der Waals surface area contributed by atoms with Gasteiger partial charge in [0.15, 0.2) is 0 Å². The third kappa shape index (κ3) is 5.35. The normalized spacial score (nSPS) is 14.1. The summed E-state index contributed by atoms with van der Waals surface area (Å²) in [6.07, 6.45) is 0. The van der Waals surface area contributed by atoms with Crippen LogP contribution in [0.3, 0.4) is 0 Å². The molecule has 120 valence electrons. The van der Waals surface area contributed by atoms with Gasteiger partial charge < -0.3 is 10.2 Å². The van der Waals surface area contributed by atoms with Crippen molar-refractivity contribution in [2.45, 2.75) is 73.5 Å². The van der Waals surface area contributed by atoms with Gasteiger partial charge in [0.1, 0.15) is 0 Å². The van der Waals surface area contributed by atoms with Crippen molar-refractivity contribution < 1.29 is 0 Å². The monoisotopic (exact) mass is 290 g/mol. The average molecular weight is 290 g/mol. The molecule has 21 heavy (non-hydrogen) atoms. The molecule has 0 saturated carbocycles. The van der Waals surface area contributed by atoms with Gasteiger partial charge in [-0.3, -0.25) is 0 Å². The molecule has 0 aliphatic heterocycles. The molecule has 2 nitrogen and oxygen atoms in total. The fourth-order valence-electron chi connectivity index (χ4n) is 2.38. The van der Waals surface area contributed by atoms with Gasteiger partial charge in [0.25, 0.3) is 0 Å². The van der Waals surface area contributed by atoms with Crippen LogP contribution in [0.2, 0.25) is 0 Å². The summed E-state index contributed by atoms with van der Waals surface area (Å²) in [6, 6.07) is 7.30. The summed E-state index contributed by atoms with van der Waals surface area (Å²) in [5, 5.41) is 3.55. The van der Waals surface area contributed by atoms with E-state index >= 15 is 0 Å². The number of aryl methyl sites for hydroxylation is 1. The molecule has 0 aliphatic rings. The number of nitrogens with one attached hydrogen (secondary N) is 1. The minimum atomic E-state index is 0.157. The van der Waals surface area contributed by atoms with Crippen molar-refractivity contribution >= 4 is 5.69 Å². The molecule has 0 aliphatic carbocycles. The van der Waals surface area contributed by atoms with Crippen molar-refractivity contribution in [1.82, 2.24) is 5.32 Å².